The first-order chi connectivity index (χ1) is 11.5. The fraction of sp³-hybridized carbons (Fsp3) is 0.789. The van der Waals surface area contributed by atoms with E-state index in [0.717, 1.165) is 30.7 Å². The quantitative estimate of drug-likeness (QED) is 0.889. The molecule has 0 radical (unpaired) electrons. The smallest absolute Gasteiger partial charge is 0.150 e. The average molecular weight is 329 g/mol. The Morgan fingerprint density at radius 1 is 1.29 bits per heavy atom. The third-order valence-electron chi connectivity index (χ3n) is 7.29. The Morgan fingerprint density at radius 3 is 2.79 bits per heavy atom. The molecular formula is C19H31N5. The van der Waals surface area contributed by atoms with Crippen molar-refractivity contribution in [1.82, 2.24) is 15.5 Å². The van der Waals surface area contributed by atoms with Gasteiger partial charge in [-0.25, -0.2) is 0 Å². The maximum atomic E-state index is 4.35. The van der Waals surface area contributed by atoms with Crippen LogP contribution in [0.15, 0.2) is 12.3 Å². The summed E-state index contributed by atoms with van der Waals surface area (Å²) < 4.78 is 0. The van der Waals surface area contributed by atoms with Crippen LogP contribution in [0.2, 0.25) is 0 Å². The number of aromatic nitrogens is 2. The molecule has 4 fully saturated rings. The van der Waals surface area contributed by atoms with E-state index in [1.807, 2.05) is 13.2 Å². The van der Waals surface area contributed by atoms with Crippen LogP contribution in [-0.4, -0.2) is 42.4 Å². The standard InChI is InChI=1S/C19H31N5/c1-12-16-7-13(19(16,2)3)8-17(12)22-18-9-15(10-21-23-18)24-6-5-14(11-24)20-4/h9-10,12-14,16-17,20H,5-8,11H2,1-4H3,(H,22,23)/t12-,13+,14+,16-,17?/m0/s1. The van der Waals surface area contributed by atoms with Crippen molar-refractivity contribution in [2.24, 2.45) is 23.2 Å². The Morgan fingerprint density at radius 2 is 2.12 bits per heavy atom. The molecule has 3 saturated carbocycles. The monoisotopic (exact) mass is 329 g/mol. The highest BCUT2D eigenvalue weighted by Crippen LogP contribution is 2.61. The lowest BCUT2D eigenvalue weighted by atomic mass is 9.45. The molecule has 2 bridgehead atoms. The van der Waals surface area contributed by atoms with E-state index in [1.54, 1.807) is 0 Å². The molecule has 0 spiro atoms. The number of hydrogen-bond acceptors (Lipinski definition) is 5. The minimum absolute atomic E-state index is 0.531. The van der Waals surface area contributed by atoms with Gasteiger partial charge in [-0.15, -0.1) is 5.10 Å². The summed E-state index contributed by atoms with van der Waals surface area (Å²) in [5, 5.41) is 15.7. The summed E-state index contributed by atoms with van der Waals surface area (Å²) in [6, 6.07) is 3.31. The molecule has 1 aliphatic heterocycles. The molecule has 5 rings (SSSR count). The maximum absolute atomic E-state index is 4.35. The van der Waals surface area contributed by atoms with Crippen LogP contribution in [0.5, 0.6) is 0 Å². The number of nitrogens with zero attached hydrogens (tertiary/aromatic N) is 3. The van der Waals surface area contributed by atoms with E-state index < -0.39 is 0 Å². The number of fused-ring (bicyclic) bond motifs is 2. The molecule has 1 saturated heterocycles. The molecule has 0 amide bonds. The van der Waals surface area contributed by atoms with Crippen molar-refractivity contribution in [3.63, 3.8) is 0 Å². The first kappa shape index (κ1) is 16.1. The van der Waals surface area contributed by atoms with Gasteiger partial charge in [0.2, 0.25) is 0 Å². The van der Waals surface area contributed by atoms with Crippen LogP contribution in [0.4, 0.5) is 11.5 Å². The van der Waals surface area contributed by atoms with Gasteiger partial charge in [-0.3, -0.25) is 0 Å². The van der Waals surface area contributed by atoms with Crippen molar-refractivity contribution >= 4 is 11.5 Å². The number of anilines is 2. The maximum Gasteiger partial charge on any atom is 0.150 e. The second-order valence-electron chi connectivity index (χ2n) is 8.73. The van der Waals surface area contributed by atoms with Crippen molar-refractivity contribution in [2.45, 2.75) is 52.1 Å². The Labute approximate surface area is 145 Å². The van der Waals surface area contributed by atoms with Crippen molar-refractivity contribution in [2.75, 3.05) is 30.4 Å². The molecule has 3 aliphatic carbocycles. The first-order valence-corrected chi connectivity index (χ1v) is 9.50. The van der Waals surface area contributed by atoms with Gasteiger partial charge in [-0.05, 0) is 49.5 Å². The van der Waals surface area contributed by atoms with E-state index in [1.165, 1.54) is 24.9 Å². The summed E-state index contributed by atoms with van der Waals surface area (Å²) in [5.41, 5.74) is 1.72. The number of hydrogen-bond donors (Lipinski definition) is 2. The summed E-state index contributed by atoms with van der Waals surface area (Å²) in [6.45, 7) is 9.46. The molecule has 2 heterocycles. The minimum atomic E-state index is 0.531. The largest absolute Gasteiger partial charge is 0.369 e. The lowest BCUT2D eigenvalue weighted by Gasteiger charge is -2.62. The van der Waals surface area contributed by atoms with Gasteiger partial charge in [0.25, 0.3) is 0 Å². The van der Waals surface area contributed by atoms with Crippen LogP contribution < -0.4 is 15.5 Å². The number of nitrogens with one attached hydrogen (secondary N) is 2. The zero-order valence-corrected chi connectivity index (χ0v) is 15.4. The fourth-order valence-electron chi connectivity index (χ4n) is 5.36. The van der Waals surface area contributed by atoms with Crippen LogP contribution in [0, 0.1) is 23.2 Å². The number of likely N-dealkylation sites (N-methyl/N-ethyl adjacent to an activating group) is 1. The zero-order chi connectivity index (χ0) is 16.9. The Balaban J connectivity index is 1.44. The van der Waals surface area contributed by atoms with Gasteiger partial charge in [-0.2, -0.15) is 5.10 Å². The highest BCUT2D eigenvalue weighted by molar-refractivity contribution is 5.53. The second-order valence-corrected chi connectivity index (χ2v) is 8.73. The van der Waals surface area contributed by atoms with Crippen molar-refractivity contribution < 1.29 is 0 Å². The average Bonchev–Trinajstić information content (AvgIpc) is 3.05. The SMILES string of the molecule is CN[C@@H]1CCN(c2cnnc(NC3C[C@H]4C[C@@H]([C@@H]3C)C4(C)C)c2)C1. The van der Waals surface area contributed by atoms with Crippen LogP contribution in [0.3, 0.4) is 0 Å². The summed E-state index contributed by atoms with van der Waals surface area (Å²) in [5.74, 6) is 3.36. The third kappa shape index (κ3) is 2.57. The molecule has 5 heteroatoms. The van der Waals surface area contributed by atoms with Crippen molar-refractivity contribution in [3.8, 4) is 0 Å². The van der Waals surface area contributed by atoms with Gasteiger partial charge >= 0.3 is 0 Å². The summed E-state index contributed by atoms with van der Waals surface area (Å²) >= 11 is 0. The van der Waals surface area contributed by atoms with E-state index in [2.05, 4.69) is 52.6 Å². The zero-order valence-electron chi connectivity index (χ0n) is 15.4. The highest BCUT2D eigenvalue weighted by Gasteiger charge is 2.56. The summed E-state index contributed by atoms with van der Waals surface area (Å²) in [4.78, 5) is 2.41. The topological polar surface area (TPSA) is 53.1 Å². The van der Waals surface area contributed by atoms with Crippen LogP contribution >= 0.6 is 0 Å². The normalized spacial score (nSPS) is 37.2. The van der Waals surface area contributed by atoms with Gasteiger partial charge in [0, 0.05) is 31.2 Å². The molecule has 5 atom stereocenters. The van der Waals surface area contributed by atoms with Crippen molar-refractivity contribution in [3.05, 3.63) is 12.3 Å². The second kappa shape index (κ2) is 5.87. The Kier molecular flexibility index (Phi) is 3.94. The van der Waals surface area contributed by atoms with Crippen molar-refractivity contribution in [1.29, 1.82) is 0 Å². The molecule has 1 aromatic heterocycles. The summed E-state index contributed by atoms with van der Waals surface area (Å²) in [7, 11) is 2.04. The highest BCUT2D eigenvalue weighted by atomic mass is 15.2. The van der Waals surface area contributed by atoms with E-state index in [-0.39, 0.29) is 0 Å². The van der Waals surface area contributed by atoms with Gasteiger partial charge in [0.05, 0.1) is 11.9 Å². The molecule has 132 valence electrons. The first-order valence-electron chi connectivity index (χ1n) is 9.50. The van der Waals surface area contributed by atoms with Crippen LogP contribution in [-0.2, 0) is 0 Å². The van der Waals surface area contributed by atoms with E-state index >= 15 is 0 Å². The molecule has 2 N–H and O–H groups in total. The Hall–Kier alpha value is -1.36. The van der Waals surface area contributed by atoms with Gasteiger partial charge in [0.15, 0.2) is 5.82 Å². The van der Waals surface area contributed by atoms with Gasteiger partial charge in [-0.1, -0.05) is 20.8 Å². The molecule has 5 nitrogen and oxygen atoms in total. The molecule has 0 aromatic carbocycles. The molecule has 4 aliphatic rings. The molecule has 1 unspecified atom stereocenters. The Bertz CT molecular complexity index is 601. The summed E-state index contributed by atoms with van der Waals surface area (Å²) in [6.07, 6.45) is 5.77. The van der Waals surface area contributed by atoms with Gasteiger partial charge < -0.3 is 15.5 Å². The van der Waals surface area contributed by atoms with E-state index in [9.17, 15) is 0 Å². The fourth-order valence-corrected chi connectivity index (χ4v) is 5.36. The third-order valence-corrected chi connectivity index (χ3v) is 7.29. The van der Waals surface area contributed by atoms with Gasteiger partial charge in [0.1, 0.15) is 0 Å². The van der Waals surface area contributed by atoms with Crippen LogP contribution in [0.25, 0.3) is 0 Å². The molecule has 1 aromatic rings. The number of rotatable bonds is 4. The molecule has 24 heavy (non-hydrogen) atoms. The van der Waals surface area contributed by atoms with E-state index in [0.29, 0.717) is 23.4 Å². The minimum Gasteiger partial charge on any atom is -0.369 e. The molecular weight excluding hydrogens is 298 g/mol. The predicted octanol–water partition coefficient (Wildman–Crippen LogP) is 2.76. The lowest BCUT2D eigenvalue weighted by Crippen LogP contribution is -2.58. The lowest BCUT2D eigenvalue weighted by molar-refractivity contribution is -0.105. The predicted molar refractivity (Wildman–Crippen MR) is 98.3 cm³/mol. The van der Waals surface area contributed by atoms with Crippen LogP contribution in [0.1, 0.15) is 40.0 Å². The van der Waals surface area contributed by atoms with E-state index in [4.69, 9.17) is 0 Å².